The number of carboxylic acid groups (broad SMARTS) is 1. The molecule has 1 aliphatic rings. The fourth-order valence-electron chi connectivity index (χ4n) is 2.85. The molecule has 1 aliphatic heterocycles. The summed E-state index contributed by atoms with van der Waals surface area (Å²) in [4.78, 5) is 28.2. The molecule has 0 aromatic carbocycles. The first-order valence-electron chi connectivity index (χ1n) is 7.28. The van der Waals surface area contributed by atoms with Gasteiger partial charge >= 0.3 is 12.1 Å². The Kier molecular flexibility index (Phi) is 4.96. The zero-order chi connectivity index (χ0) is 17.2. The highest BCUT2D eigenvalue weighted by Gasteiger charge is 2.46. The van der Waals surface area contributed by atoms with Crippen LogP contribution in [0, 0.1) is 0 Å². The smallest absolute Gasteiger partial charge is 0.399 e. The van der Waals surface area contributed by atoms with Crippen LogP contribution in [0.15, 0.2) is 12.4 Å². The highest BCUT2D eigenvalue weighted by atomic mass is 19.4. The lowest BCUT2D eigenvalue weighted by atomic mass is 9.98. The quantitative estimate of drug-likeness (QED) is 0.913. The molecule has 1 aromatic rings. The van der Waals surface area contributed by atoms with E-state index in [1.807, 2.05) is 0 Å². The SMILES string of the molecule is Cn1ccnc1[C@H](CC(=O)N1CCCC[C@H]1C(=O)O)C(F)(F)F. The van der Waals surface area contributed by atoms with Crippen molar-refractivity contribution in [1.29, 1.82) is 0 Å². The average Bonchev–Trinajstić information content (AvgIpc) is 2.89. The number of hydrogen-bond donors (Lipinski definition) is 1. The number of hydrogen-bond acceptors (Lipinski definition) is 3. The van der Waals surface area contributed by atoms with Crippen LogP contribution in [-0.2, 0) is 16.6 Å². The zero-order valence-electron chi connectivity index (χ0n) is 12.6. The second-order valence-corrected chi connectivity index (χ2v) is 5.63. The van der Waals surface area contributed by atoms with E-state index in [2.05, 4.69) is 4.98 Å². The fraction of sp³-hybridized carbons (Fsp3) is 0.643. The number of aryl methyl sites for hydroxylation is 1. The highest BCUT2D eigenvalue weighted by Crippen LogP contribution is 2.37. The summed E-state index contributed by atoms with van der Waals surface area (Å²) >= 11 is 0. The molecule has 2 atom stereocenters. The van der Waals surface area contributed by atoms with Crippen LogP contribution in [0.25, 0.3) is 0 Å². The van der Waals surface area contributed by atoms with E-state index >= 15 is 0 Å². The number of piperidine rings is 1. The van der Waals surface area contributed by atoms with Gasteiger partial charge in [-0.15, -0.1) is 0 Å². The topological polar surface area (TPSA) is 75.4 Å². The number of amides is 1. The molecule has 128 valence electrons. The van der Waals surface area contributed by atoms with Crippen LogP contribution in [0.1, 0.15) is 37.4 Å². The van der Waals surface area contributed by atoms with Crippen molar-refractivity contribution >= 4 is 11.9 Å². The van der Waals surface area contributed by atoms with Crippen molar-refractivity contribution in [3.63, 3.8) is 0 Å². The van der Waals surface area contributed by atoms with Crippen molar-refractivity contribution in [1.82, 2.24) is 14.5 Å². The van der Waals surface area contributed by atoms with Crippen LogP contribution in [0.2, 0.25) is 0 Å². The first kappa shape index (κ1) is 17.3. The van der Waals surface area contributed by atoms with E-state index < -0.39 is 36.4 Å². The van der Waals surface area contributed by atoms with Crippen LogP contribution < -0.4 is 0 Å². The largest absolute Gasteiger partial charge is 0.480 e. The molecule has 0 unspecified atom stereocenters. The van der Waals surface area contributed by atoms with Gasteiger partial charge in [0.15, 0.2) is 0 Å². The third-order valence-corrected chi connectivity index (χ3v) is 4.05. The van der Waals surface area contributed by atoms with E-state index in [1.165, 1.54) is 24.0 Å². The predicted octanol–water partition coefficient (Wildman–Crippen LogP) is 1.92. The van der Waals surface area contributed by atoms with E-state index in [1.54, 1.807) is 0 Å². The summed E-state index contributed by atoms with van der Waals surface area (Å²) in [6.07, 6.45) is -1.36. The monoisotopic (exact) mass is 333 g/mol. The number of rotatable bonds is 4. The van der Waals surface area contributed by atoms with Gasteiger partial charge in [0.1, 0.15) is 17.8 Å². The van der Waals surface area contributed by atoms with Crippen LogP contribution >= 0.6 is 0 Å². The van der Waals surface area contributed by atoms with Gasteiger partial charge in [0.05, 0.1) is 0 Å². The van der Waals surface area contributed by atoms with Gasteiger partial charge in [-0.25, -0.2) is 9.78 Å². The summed E-state index contributed by atoms with van der Waals surface area (Å²) in [5.41, 5.74) is 0. The van der Waals surface area contributed by atoms with Crippen LogP contribution in [0.4, 0.5) is 13.2 Å². The van der Waals surface area contributed by atoms with Crippen molar-refractivity contribution in [2.45, 2.75) is 43.8 Å². The molecule has 2 heterocycles. The van der Waals surface area contributed by atoms with Crippen molar-refractivity contribution in [3.05, 3.63) is 18.2 Å². The summed E-state index contributed by atoms with van der Waals surface area (Å²) in [5.74, 6) is -4.29. The Balaban J connectivity index is 2.21. The van der Waals surface area contributed by atoms with E-state index in [-0.39, 0.29) is 18.8 Å². The molecule has 0 saturated carbocycles. The number of likely N-dealkylation sites (tertiary alicyclic amines) is 1. The number of alkyl halides is 3. The van der Waals surface area contributed by atoms with Gasteiger partial charge in [0.2, 0.25) is 5.91 Å². The van der Waals surface area contributed by atoms with Gasteiger partial charge in [0, 0.05) is 32.4 Å². The third-order valence-electron chi connectivity index (χ3n) is 4.05. The Morgan fingerprint density at radius 1 is 1.43 bits per heavy atom. The first-order valence-corrected chi connectivity index (χ1v) is 7.28. The number of carbonyl (C=O) groups is 2. The van der Waals surface area contributed by atoms with Gasteiger partial charge in [0.25, 0.3) is 0 Å². The summed E-state index contributed by atoms with van der Waals surface area (Å²) in [6.45, 7) is 0.168. The standard InChI is InChI=1S/C14H18F3N3O3/c1-19-7-5-18-12(19)9(14(15,16)17)8-11(21)20-6-3-2-4-10(20)13(22)23/h5,7,9-10H,2-4,6,8H2,1H3,(H,22,23)/t9-,10-/m0/s1. The zero-order valence-corrected chi connectivity index (χ0v) is 12.6. The maximum absolute atomic E-state index is 13.3. The third kappa shape index (κ3) is 3.83. The fourth-order valence-corrected chi connectivity index (χ4v) is 2.85. The number of aliphatic carboxylic acids is 1. The minimum atomic E-state index is -4.64. The number of imidazole rings is 1. The van der Waals surface area contributed by atoms with Gasteiger partial charge in [-0.05, 0) is 19.3 Å². The summed E-state index contributed by atoms with van der Waals surface area (Å²) in [5, 5.41) is 9.15. The number of carbonyl (C=O) groups excluding carboxylic acids is 1. The van der Waals surface area contributed by atoms with E-state index in [0.717, 1.165) is 4.90 Å². The Morgan fingerprint density at radius 2 is 2.13 bits per heavy atom. The number of nitrogens with zero attached hydrogens (tertiary/aromatic N) is 3. The second-order valence-electron chi connectivity index (χ2n) is 5.63. The average molecular weight is 333 g/mol. The van der Waals surface area contributed by atoms with Crippen LogP contribution in [0.3, 0.4) is 0 Å². The molecule has 1 fully saturated rings. The summed E-state index contributed by atoms with van der Waals surface area (Å²) in [6, 6.07) is -1.05. The Bertz CT molecular complexity index is 585. The van der Waals surface area contributed by atoms with Gasteiger partial charge in [-0.3, -0.25) is 4.79 Å². The molecule has 0 bridgehead atoms. The van der Waals surface area contributed by atoms with Crippen LogP contribution in [0.5, 0.6) is 0 Å². The van der Waals surface area contributed by atoms with Gasteiger partial charge in [-0.2, -0.15) is 13.2 Å². The van der Waals surface area contributed by atoms with Crippen molar-refractivity contribution in [2.24, 2.45) is 7.05 Å². The molecule has 23 heavy (non-hydrogen) atoms. The minimum Gasteiger partial charge on any atom is -0.480 e. The Hall–Kier alpha value is -2.06. The molecule has 1 N–H and O–H groups in total. The maximum Gasteiger partial charge on any atom is 0.399 e. The molecule has 0 spiro atoms. The molecular weight excluding hydrogens is 315 g/mol. The van der Waals surface area contributed by atoms with Gasteiger partial charge in [-0.1, -0.05) is 0 Å². The number of carboxylic acids is 1. The minimum absolute atomic E-state index is 0.168. The molecule has 1 aromatic heterocycles. The first-order chi connectivity index (χ1) is 10.7. The van der Waals surface area contributed by atoms with Crippen molar-refractivity contribution in [3.8, 4) is 0 Å². The molecule has 6 nitrogen and oxygen atoms in total. The van der Waals surface area contributed by atoms with E-state index in [4.69, 9.17) is 5.11 Å². The maximum atomic E-state index is 13.3. The second kappa shape index (κ2) is 6.59. The normalized spacial score (nSPS) is 20.3. The number of aromatic nitrogens is 2. The molecule has 1 amide bonds. The Labute approximate surface area is 130 Å². The summed E-state index contributed by atoms with van der Waals surface area (Å²) in [7, 11) is 1.42. The lowest BCUT2D eigenvalue weighted by Crippen LogP contribution is -2.48. The Morgan fingerprint density at radius 3 is 2.65 bits per heavy atom. The molecule has 0 aliphatic carbocycles. The summed E-state index contributed by atoms with van der Waals surface area (Å²) < 4.78 is 41.1. The van der Waals surface area contributed by atoms with Crippen molar-refractivity contribution in [2.75, 3.05) is 6.54 Å². The molecule has 2 rings (SSSR count). The lowest BCUT2D eigenvalue weighted by Gasteiger charge is -2.34. The molecule has 9 heteroatoms. The predicted molar refractivity (Wildman–Crippen MR) is 73.6 cm³/mol. The molecule has 0 radical (unpaired) electrons. The highest BCUT2D eigenvalue weighted by molar-refractivity contribution is 5.84. The van der Waals surface area contributed by atoms with Gasteiger partial charge < -0.3 is 14.6 Å². The van der Waals surface area contributed by atoms with Crippen LogP contribution in [-0.4, -0.2) is 50.2 Å². The van der Waals surface area contributed by atoms with Crippen molar-refractivity contribution < 1.29 is 27.9 Å². The molecular formula is C14H18F3N3O3. The number of halogens is 3. The van der Waals surface area contributed by atoms with E-state index in [9.17, 15) is 22.8 Å². The lowest BCUT2D eigenvalue weighted by molar-refractivity contribution is -0.165. The molecule has 1 saturated heterocycles. The van der Waals surface area contributed by atoms with E-state index in [0.29, 0.717) is 12.8 Å².